The molecule has 1 atom stereocenters. The highest BCUT2D eigenvalue weighted by Crippen LogP contribution is 2.49. The lowest BCUT2D eigenvalue weighted by atomic mass is 9.88. The van der Waals surface area contributed by atoms with Gasteiger partial charge in [0.25, 0.3) is 0 Å². The highest BCUT2D eigenvalue weighted by Gasteiger charge is 2.40. The van der Waals surface area contributed by atoms with Crippen LogP contribution in [-0.2, 0) is 14.3 Å². The van der Waals surface area contributed by atoms with Crippen LogP contribution >= 0.6 is 0 Å². The molecular weight excluding hydrogens is 556 g/mol. The Morgan fingerprint density at radius 2 is 1.58 bits per heavy atom. The molecule has 10 heteroatoms. The second-order valence-electron chi connectivity index (χ2n) is 9.75. The normalized spacial score (nSPS) is 16.2. The molecule has 6 rings (SSSR count). The van der Waals surface area contributed by atoms with Gasteiger partial charge < -0.3 is 28.1 Å². The topological polar surface area (TPSA) is 128 Å². The van der Waals surface area contributed by atoms with Crippen LogP contribution in [0, 0.1) is 0 Å². The van der Waals surface area contributed by atoms with E-state index in [1.165, 1.54) is 39.5 Å². The third-order valence-electron chi connectivity index (χ3n) is 7.24. The predicted octanol–water partition coefficient (Wildman–Crippen LogP) is 5.59. The van der Waals surface area contributed by atoms with Crippen LogP contribution in [0.2, 0.25) is 0 Å². The van der Waals surface area contributed by atoms with E-state index in [-0.39, 0.29) is 40.6 Å². The summed E-state index contributed by atoms with van der Waals surface area (Å²) in [5.74, 6) is -0.819. The van der Waals surface area contributed by atoms with Gasteiger partial charge in [-0.2, -0.15) is 0 Å². The van der Waals surface area contributed by atoms with Gasteiger partial charge in [0.15, 0.2) is 5.76 Å². The molecule has 0 spiro atoms. The summed E-state index contributed by atoms with van der Waals surface area (Å²) in [6, 6.07) is 18.1. The molecule has 0 saturated heterocycles. The molecule has 10 nitrogen and oxygen atoms in total. The average Bonchev–Trinajstić information content (AvgIpc) is 3.65. The fourth-order valence-electron chi connectivity index (χ4n) is 5.21. The van der Waals surface area contributed by atoms with Gasteiger partial charge in [0.05, 0.1) is 50.4 Å². The van der Waals surface area contributed by atoms with Gasteiger partial charge >= 0.3 is 17.9 Å². The van der Waals surface area contributed by atoms with Gasteiger partial charge in [-0.3, -0.25) is 9.59 Å². The molecule has 43 heavy (non-hydrogen) atoms. The smallest absolute Gasteiger partial charge is 0.337 e. The Bertz CT molecular complexity index is 1810. The number of carbonyl (C=O) groups is 4. The second-order valence-corrected chi connectivity index (χ2v) is 9.75. The van der Waals surface area contributed by atoms with Crippen molar-refractivity contribution in [2.45, 2.75) is 12.3 Å². The number of methoxy groups -OCH3 is 3. The summed E-state index contributed by atoms with van der Waals surface area (Å²) >= 11 is 0. The zero-order valence-electron chi connectivity index (χ0n) is 23.3. The van der Waals surface area contributed by atoms with E-state index in [2.05, 4.69) is 0 Å². The third-order valence-corrected chi connectivity index (χ3v) is 7.24. The fourth-order valence-corrected chi connectivity index (χ4v) is 5.21. The van der Waals surface area contributed by atoms with Crippen LogP contribution in [0.3, 0.4) is 0 Å². The summed E-state index contributed by atoms with van der Waals surface area (Å²) < 4.78 is 32.9. The van der Waals surface area contributed by atoms with E-state index in [9.17, 15) is 19.2 Å². The zero-order valence-corrected chi connectivity index (χ0v) is 23.3. The molecule has 216 valence electrons. The Kier molecular flexibility index (Phi) is 7.03. The maximum absolute atomic E-state index is 13.4. The van der Waals surface area contributed by atoms with E-state index in [1.54, 1.807) is 42.5 Å². The highest BCUT2D eigenvalue weighted by molar-refractivity contribution is 6.15. The fraction of sp³-hybridized carbons (Fsp3) is 0.152. The number of hydrogen-bond acceptors (Lipinski definition) is 10. The largest absolute Gasteiger partial charge is 0.496 e. The van der Waals surface area contributed by atoms with Crippen molar-refractivity contribution in [2.75, 3.05) is 21.3 Å². The quantitative estimate of drug-likeness (QED) is 0.162. The monoisotopic (exact) mass is 580 g/mol. The first-order valence-corrected chi connectivity index (χ1v) is 13.2. The number of ether oxygens (including phenoxy) is 5. The van der Waals surface area contributed by atoms with Gasteiger partial charge in [0.2, 0.25) is 5.78 Å². The molecule has 0 fully saturated rings. The van der Waals surface area contributed by atoms with Gasteiger partial charge in [-0.25, -0.2) is 9.59 Å². The van der Waals surface area contributed by atoms with Crippen molar-refractivity contribution in [3.05, 3.63) is 106 Å². The van der Waals surface area contributed by atoms with Crippen LogP contribution in [0.25, 0.3) is 17.4 Å². The maximum atomic E-state index is 13.4. The molecule has 0 aliphatic carbocycles. The summed E-state index contributed by atoms with van der Waals surface area (Å²) in [6.07, 6.45) is 1.53. The number of rotatable bonds is 6. The lowest BCUT2D eigenvalue weighted by molar-refractivity contribution is -0.135. The summed E-state index contributed by atoms with van der Waals surface area (Å²) in [5.41, 5.74) is 2.15. The number of furan rings is 1. The molecule has 1 aromatic heterocycles. The second kappa shape index (κ2) is 11.0. The van der Waals surface area contributed by atoms with Gasteiger partial charge in [-0.05, 0) is 54.6 Å². The van der Waals surface area contributed by atoms with Crippen LogP contribution in [-0.4, -0.2) is 45.0 Å². The zero-order chi connectivity index (χ0) is 30.2. The number of ketones is 1. The van der Waals surface area contributed by atoms with E-state index in [4.69, 9.17) is 28.1 Å². The van der Waals surface area contributed by atoms with Crippen LogP contribution in [0.15, 0.2) is 76.9 Å². The molecular formula is C33H24O10. The molecule has 0 amide bonds. The Labute approximate surface area is 245 Å². The molecule has 0 N–H and O–H groups in total. The van der Waals surface area contributed by atoms with Crippen molar-refractivity contribution in [2.24, 2.45) is 0 Å². The Hall–Kier alpha value is -5.64. The van der Waals surface area contributed by atoms with Crippen molar-refractivity contribution in [1.29, 1.82) is 0 Å². The van der Waals surface area contributed by atoms with Crippen LogP contribution in [0.1, 0.15) is 60.3 Å². The number of fused-ring (bicyclic) bond motifs is 3. The molecule has 4 aromatic rings. The standard InChI is InChI=1S/C33H24O10/c1-38-23-7-5-4-6-17(23)15-27-30(35)21-8-9-26-29(31(21)43-27)22(16-28(34)42-26)25-11-10-24(41-25)18-12-19(32(36)39-2)14-20(13-18)33(37)40-3/h4-15,22H,16H2,1-3H3/b27-15-/t22-/m1/s1. The number of Topliss-reactive ketones (excluding diaryl/α,β-unsaturated/α-hetero) is 1. The molecule has 2 aliphatic rings. The van der Waals surface area contributed by atoms with Crippen molar-refractivity contribution >= 4 is 29.8 Å². The van der Waals surface area contributed by atoms with E-state index >= 15 is 0 Å². The summed E-state index contributed by atoms with van der Waals surface area (Å²) in [6.45, 7) is 0. The van der Waals surface area contributed by atoms with Crippen molar-refractivity contribution in [3.63, 3.8) is 0 Å². The molecule has 3 aromatic carbocycles. The SMILES string of the molecule is COC(=O)c1cc(C(=O)OC)cc(-c2ccc([C@H]3CC(=O)Oc4ccc5c(c43)O/C(=C\c3ccccc3OC)C5=O)o2)c1. The lowest BCUT2D eigenvalue weighted by Crippen LogP contribution is -2.21. The minimum absolute atomic E-state index is 0.0743. The highest BCUT2D eigenvalue weighted by atomic mass is 16.5. The van der Waals surface area contributed by atoms with Gasteiger partial charge in [-0.15, -0.1) is 0 Å². The Balaban J connectivity index is 1.41. The van der Waals surface area contributed by atoms with Crippen molar-refractivity contribution in [1.82, 2.24) is 0 Å². The van der Waals surface area contributed by atoms with Gasteiger partial charge in [0, 0.05) is 16.7 Å². The molecule has 3 heterocycles. The Morgan fingerprint density at radius 3 is 2.28 bits per heavy atom. The molecule has 0 saturated carbocycles. The van der Waals surface area contributed by atoms with Crippen molar-refractivity contribution in [3.8, 4) is 28.6 Å². The number of esters is 3. The van der Waals surface area contributed by atoms with E-state index in [0.29, 0.717) is 39.5 Å². The summed E-state index contributed by atoms with van der Waals surface area (Å²) in [7, 11) is 4.01. The third kappa shape index (κ3) is 4.93. The number of benzene rings is 3. The molecule has 2 aliphatic heterocycles. The van der Waals surface area contributed by atoms with E-state index in [0.717, 1.165) is 0 Å². The number of carbonyl (C=O) groups excluding carboxylic acids is 4. The van der Waals surface area contributed by atoms with Crippen LogP contribution in [0.5, 0.6) is 17.2 Å². The Morgan fingerprint density at radius 1 is 0.860 bits per heavy atom. The molecule has 0 unspecified atom stereocenters. The first kappa shape index (κ1) is 27.5. The average molecular weight is 581 g/mol. The summed E-state index contributed by atoms with van der Waals surface area (Å²) in [4.78, 5) is 50.6. The maximum Gasteiger partial charge on any atom is 0.337 e. The lowest BCUT2D eigenvalue weighted by Gasteiger charge is -2.24. The van der Waals surface area contributed by atoms with Gasteiger partial charge in [-0.1, -0.05) is 18.2 Å². The minimum Gasteiger partial charge on any atom is -0.496 e. The van der Waals surface area contributed by atoms with Crippen LogP contribution < -0.4 is 14.2 Å². The first-order valence-electron chi connectivity index (χ1n) is 13.2. The molecule has 0 radical (unpaired) electrons. The first-order chi connectivity index (χ1) is 20.8. The van der Waals surface area contributed by atoms with Crippen LogP contribution in [0.4, 0.5) is 0 Å². The predicted molar refractivity (Wildman–Crippen MR) is 151 cm³/mol. The van der Waals surface area contributed by atoms with E-state index in [1.807, 2.05) is 12.1 Å². The van der Waals surface area contributed by atoms with Crippen molar-refractivity contribution < 1.29 is 47.3 Å². The number of hydrogen-bond donors (Lipinski definition) is 0. The molecule has 0 bridgehead atoms. The van der Waals surface area contributed by atoms with Gasteiger partial charge in [0.1, 0.15) is 28.8 Å². The number of para-hydroxylation sites is 1. The minimum atomic E-state index is -0.651. The number of allylic oxidation sites excluding steroid dienone is 1. The van der Waals surface area contributed by atoms with E-state index < -0.39 is 23.8 Å². The summed E-state index contributed by atoms with van der Waals surface area (Å²) in [5, 5.41) is 0.